The summed E-state index contributed by atoms with van der Waals surface area (Å²) in [5.74, 6) is -1.32. The number of amides is 1. The van der Waals surface area contributed by atoms with Crippen LogP contribution in [0.2, 0.25) is 0 Å². The molecule has 5 heteroatoms. The quantitative estimate of drug-likeness (QED) is 0.447. The molecule has 2 saturated heterocycles. The van der Waals surface area contributed by atoms with Gasteiger partial charge < -0.3 is 14.4 Å². The standard InChI is InChI=1S/C21H25NO4/c1-3-4-12-25-20(24)17-16-10-11-21(26-16)13-22(19(23)18(17)21)14(2)15-8-6-5-7-9-15/h5-11,14,16-18H,3-4,12-13H2,1-2H3/t14?,16-,17?,18+,21-/m1/s1. The third-order valence-corrected chi connectivity index (χ3v) is 5.89. The number of rotatable bonds is 6. The highest BCUT2D eigenvalue weighted by molar-refractivity contribution is 5.91. The molecule has 5 nitrogen and oxygen atoms in total. The Kier molecular flexibility index (Phi) is 4.35. The number of nitrogens with zero attached hydrogens (tertiary/aromatic N) is 1. The zero-order valence-electron chi connectivity index (χ0n) is 15.3. The molecule has 26 heavy (non-hydrogen) atoms. The van der Waals surface area contributed by atoms with E-state index in [1.807, 2.05) is 54.3 Å². The molecule has 2 bridgehead atoms. The highest BCUT2D eigenvalue weighted by atomic mass is 16.6. The molecule has 0 saturated carbocycles. The van der Waals surface area contributed by atoms with Crippen LogP contribution in [0.5, 0.6) is 0 Å². The Bertz CT molecular complexity index is 731. The van der Waals surface area contributed by atoms with Crippen LogP contribution in [-0.4, -0.2) is 41.6 Å². The number of esters is 1. The summed E-state index contributed by atoms with van der Waals surface area (Å²) < 4.78 is 11.6. The number of hydrogen-bond donors (Lipinski definition) is 0. The van der Waals surface area contributed by atoms with Crippen LogP contribution in [0.15, 0.2) is 42.5 Å². The highest BCUT2D eigenvalue weighted by Crippen LogP contribution is 2.53. The van der Waals surface area contributed by atoms with Crippen molar-refractivity contribution in [2.75, 3.05) is 13.2 Å². The molecule has 3 aliphatic heterocycles. The van der Waals surface area contributed by atoms with Gasteiger partial charge in [-0.05, 0) is 18.9 Å². The maximum Gasteiger partial charge on any atom is 0.312 e. The van der Waals surface area contributed by atoms with Crippen LogP contribution in [0.25, 0.3) is 0 Å². The lowest BCUT2D eigenvalue weighted by atomic mass is 9.77. The third-order valence-electron chi connectivity index (χ3n) is 5.89. The van der Waals surface area contributed by atoms with Gasteiger partial charge in [0.05, 0.1) is 31.2 Å². The van der Waals surface area contributed by atoms with Crippen molar-refractivity contribution in [3.63, 3.8) is 0 Å². The Hall–Kier alpha value is -2.14. The van der Waals surface area contributed by atoms with Crippen molar-refractivity contribution in [3.8, 4) is 0 Å². The predicted octanol–water partition coefficient (Wildman–Crippen LogP) is 2.87. The second kappa shape index (κ2) is 6.54. The Morgan fingerprint density at radius 3 is 2.88 bits per heavy atom. The molecule has 1 aromatic carbocycles. The first-order chi connectivity index (χ1) is 12.6. The van der Waals surface area contributed by atoms with Crippen molar-refractivity contribution in [2.45, 2.75) is 44.4 Å². The number of likely N-dealkylation sites (tertiary alicyclic amines) is 1. The molecule has 2 unspecified atom stereocenters. The number of unbranched alkanes of at least 4 members (excludes halogenated alkanes) is 1. The summed E-state index contributed by atoms with van der Waals surface area (Å²) in [6.07, 6.45) is 5.36. The Morgan fingerprint density at radius 1 is 1.38 bits per heavy atom. The number of benzene rings is 1. The molecular formula is C21H25NO4. The van der Waals surface area contributed by atoms with Gasteiger partial charge in [-0.25, -0.2) is 0 Å². The molecule has 1 aromatic rings. The molecule has 4 rings (SSSR count). The van der Waals surface area contributed by atoms with Crippen molar-refractivity contribution in [1.29, 1.82) is 0 Å². The normalized spacial score (nSPS) is 32.8. The van der Waals surface area contributed by atoms with Crippen molar-refractivity contribution < 1.29 is 19.1 Å². The molecule has 138 valence electrons. The van der Waals surface area contributed by atoms with Crippen LogP contribution in [-0.2, 0) is 19.1 Å². The lowest BCUT2D eigenvalue weighted by molar-refractivity contribution is -0.154. The van der Waals surface area contributed by atoms with Crippen molar-refractivity contribution in [1.82, 2.24) is 4.90 Å². The summed E-state index contributed by atoms with van der Waals surface area (Å²) in [6, 6.07) is 9.90. The minimum Gasteiger partial charge on any atom is -0.465 e. The second-order valence-corrected chi connectivity index (χ2v) is 7.47. The van der Waals surface area contributed by atoms with E-state index in [0.717, 1.165) is 18.4 Å². The van der Waals surface area contributed by atoms with Crippen LogP contribution in [0.3, 0.4) is 0 Å². The van der Waals surface area contributed by atoms with Gasteiger partial charge >= 0.3 is 5.97 Å². The van der Waals surface area contributed by atoms with Gasteiger partial charge in [0.1, 0.15) is 11.5 Å². The number of ether oxygens (including phenoxy) is 2. The molecule has 2 fully saturated rings. The van der Waals surface area contributed by atoms with Crippen molar-refractivity contribution in [2.24, 2.45) is 11.8 Å². The lowest BCUT2D eigenvalue weighted by Crippen LogP contribution is -2.40. The van der Waals surface area contributed by atoms with Gasteiger partial charge in [0.25, 0.3) is 0 Å². The summed E-state index contributed by atoms with van der Waals surface area (Å²) in [5.41, 5.74) is 0.400. The molecule has 1 spiro atoms. The fourth-order valence-corrected chi connectivity index (χ4v) is 4.45. The van der Waals surface area contributed by atoms with Crippen LogP contribution >= 0.6 is 0 Å². The Morgan fingerprint density at radius 2 is 2.15 bits per heavy atom. The van der Waals surface area contributed by atoms with Gasteiger partial charge in [-0.1, -0.05) is 55.8 Å². The molecule has 1 amide bonds. The molecule has 0 N–H and O–H groups in total. The van der Waals surface area contributed by atoms with E-state index in [-0.39, 0.29) is 24.0 Å². The average Bonchev–Trinajstić information content (AvgIpc) is 3.30. The van der Waals surface area contributed by atoms with Crippen LogP contribution < -0.4 is 0 Å². The largest absolute Gasteiger partial charge is 0.465 e. The van der Waals surface area contributed by atoms with Crippen LogP contribution in [0.4, 0.5) is 0 Å². The van der Waals surface area contributed by atoms with E-state index in [9.17, 15) is 9.59 Å². The fourth-order valence-electron chi connectivity index (χ4n) is 4.45. The van der Waals surface area contributed by atoms with E-state index in [1.165, 1.54) is 0 Å². The predicted molar refractivity (Wildman–Crippen MR) is 96.2 cm³/mol. The van der Waals surface area contributed by atoms with Gasteiger partial charge in [-0.3, -0.25) is 9.59 Å². The summed E-state index contributed by atoms with van der Waals surface area (Å²) >= 11 is 0. The summed E-state index contributed by atoms with van der Waals surface area (Å²) in [6.45, 7) is 4.96. The zero-order valence-corrected chi connectivity index (χ0v) is 15.3. The average molecular weight is 355 g/mol. The Balaban J connectivity index is 1.56. The monoisotopic (exact) mass is 355 g/mol. The lowest BCUT2D eigenvalue weighted by Gasteiger charge is -2.27. The van der Waals surface area contributed by atoms with Gasteiger partial charge in [0.15, 0.2) is 0 Å². The second-order valence-electron chi connectivity index (χ2n) is 7.47. The van der Waals surface area contributed by atoms with Gasteiger partial charge in [-0.15, -0.1) is 0 Å². The van der Waals surface area contributed by atoms with Crippen molar-refractivity contribution >= 4 is 11.9 Å². The van der Waals surface area contributed by atoms with Crippen LogP contribution in [0, 0.1) is 11.8 Å². The maximum absolute atomic E-state index is 13.2. The molecule has 3 aliphatic rings. The van der Waals surface area contributed by atoms with Gasteiger partial charge in [-0.2, -0.15) is 0 Å². The number of carbonyl (C=O) groups is 2. The van der Waals surface area contributed by atoms with E-state index in [1.54, 1.807) is 0 Å². The summed E-state index contributed by atoms with van der Waals surface area (Å²) in [5, 5.41) is 0. The number of carbonyl (C=O) groups excluding carboxylic acids is 2. The number of fused-ring (bicyclic) bond motifs is 1. The van der Waals surface area contributed by atoms with Crippen LogP contribution in [0.1, 0.15) is 38.3 Å². The van der Waals surface area contributed by atoms with E-state index in [0.29, 0.717) is 13.2 Å². The zero-order chi connectivity index (χ0) is 18.3. The molecular weight excluding hydrogens is 330 g/mol. The van der Waals surface area contributed by atoms with E-state index >= 15 is 0 Å². The molecule has 5 atom stereocenters. The Labute approximate surface area is 154 Å². The van der Waals surface area contributed by atoms with E-state index in [4.69, 9.17) is 9.47 Å². The molecule has 3 heterocycles. The highest BCUT2D eigenvalue weighted by Gasteiger charge is 2.67. The minimum absolute atomic E-state index is 0.00866. The molecule has 0 aromatic heterocycles. The minimum atomic E-state index is -0.681. The SMILES string of the molecule is CCCCOC(=O)C1[C@H]2C(=O)N(C(C)c3ccccc3)C[C@]23C=C[C@H]1O3. The first-order valence-electron chi connectivity index (χ1n) is 9.46. The topological polar surface area (TPSA) is 55.8 Å². The van der Waals surface area contributed by atoms with Gasteiger partial charge in [0, 0.05) is 0 Å². The fraction of sp³-hybridized carbons (Fsp3) is 0.524. The maximum atomic E-state index is 13.2. The first-order valence-corrected chi connectivity index (χ1v) is 9.46. The molecule has 0 radical (unpaired) electrons. The number of hydrogen-bond acceptors (Lipinski definition) is 4. The first kappa shape index (κ1) is 17.3. The summed E-state index contributed by atoms with van der Waals surface area (Å²) in [4.78, 5) is 27.7. The van der Waals surface area contributed by atoms with E-state index in [2.05, 4.69) is 6.92 Å². The smallest absolute Gasteiger partial charge is 0.312 e. The van der Waals surface area contributed by atoms with Crippen molar-refractivity contribution in [3.05, 3.63) is 48.0 Å². The third kappa shape index (κ3) is 2.57. The van der Waals surface area contributed by atoms with Gasteiger partial charge in [0.2, 0.25) is 5.91 Å². The van der Waals surface area contributed by atoms with E-state index < -0.39 is 17.4 Å². The summed E-state index contributed by atoms with van der Waals surface area (Å²) in [7, 11) is 0. The molecule has 0 aliphatic carbocycles.